The van der Waals surface area contributed by atoms with Crippen molar-refractivity contribution in [3.05, 3.63) is 53.7 Å². The maximum atomic E-state index is 14.8. The number of benzene rings is 1. The number of aromatic nitrogens is 4. The second-order valence-corrected chi connectivity index (χ2v) is 10.8. The summed E-state index contributed by atoms with van der Waals surface area (Å²) in [5.41, 5.74) is 1.90. The highest BCUT2D eigenvalue weighted by Crippen LogP contribution is 2.40. The molecule has 3 heterocycles. The molecule has 1 saturated heterocycles. The van der Waals surface area contributed by atoms with Crippen molar-refractivity contribution in [2.24, 2.45) is 0 Å². The summed E-state index contributed by atoms with van der Waals surface area (Å²) in [6.07, 6.45) is 7.01. The molecule has 9 nitrogen and oxygen atoms in total. The molecule has 0 saturated carbocycles. The number of hydrogen-bond donors (Lipinski definition) is 2. The van der Waals surface area contributed by atoms with Crippen LogP contribution in [0.3, 0.4) is 0 Å². The Morgan fingerprint density at radius 2 is 1.95 bits per heavy atom. The number of nitrogens with zero attached hydrogens (tertiary/aromatic N) is 5. The lowest BCUT2D eigenvalue weighted by Crippen LogP contribution is -2.45. The number of aryl methyl sites for hydroxylation is 1. The Labute approximate surface area is 216 Å². The minimum atomic E-state index is -0.724. The predicted octanol–water partition coefficient (Wildman–Crippen LogP) is 5.08. The lowest BCUT2D eigenvalue weighted by molar-refractivity contribution is -0.170. The van der Waals surface area contributed by atoms with Crippen LogP contribution in [0.2, 0.25) is 0 Å². The Hall–Kier alpha value is -3.84. The third kappa shape index (κ3) is 6.12. The molecule has 0 aliphatic carbocycles. The number of nitriles is 1. The largest absolute Gasteiger partial charge is 0.370 e. The molecule has 4 rings (SSSR count). The highest BCUT2D eigenvalue weighted by atomic mass is 19.1. The summed E-state index contributed by atoms with van der Waals surface area (Å²) in [5, 5.41) is 19.1. The van der Waals surface area contributed by atoms with Crippen LogP contribution >= 0.6 is 0 Å². The summed E-state index contributed by atoms with van der Waals surface area (Å²) < 4.78 is 22.9. The molecule has 0 radical (unpaired) electrons. The van der Waals surface area contributed by atoms with Crippen molar-refractivity contribution >= 4 is 17.5 Å². The third-order valence-corrected chi connectivity index (χ3v) is 6.24. The van der Waals surface area contributed by atoms with E-state index in [4.69, 9.17) is 10.00 Å². The van der Waals surface area contributed by atoms with Gasteiger partial charge in [-0.05, 0) is 72.1 Å². The summed E-state index contributed by atoms with van der Waals surface area (Å²) in [6, 6.07) is 5.64. The van der Waals surface area contributed by atoms with Gasteiger partial charge in [-0.3, -0.25) is 9.48 Å². The molecule has 3 aromatic rings. The van der Waals surface area contributed by atoms with Gasteiger partial charge in [-0.2, -0.15) is 10.4 Å². The zero-order valence-electron chi connectivity index (χ0n) is 22.0. The number of carbonyl (C=O) groups is 1. The van der Waals surface area contributed by atoms with Crippen molar-refractivity contribution in [2.45, 2.75) is 77.7 Å². The molecule has 1 fully saturated rings. The molecule has 1 amide bonds. The van der Waals surface area contributed by atoms with Crippen LogP contribution in [0.1, 0.15) is 69.4 Å². The fourth-order valence-electron chi connectivity index (χ4n) is 4.90. The molecule has 1 atom stereocenters. The molecule has 2 aromatic heterocycles. The number of hydrogen-bond acceptors (Lipinski definition) is 7. The van der Waals surface area contributed by atoms with E-state index in [1.807, 2.05) is 23.9 Å². The van der Waals surface area contributed by atoms with Crippen molar-refractivity contribution in [1.29, 1.82) is 5.26 Å². The zero-order chi connectivity index (χ0) is 27.0. The van der Waals surface area contributed by atoms with Crippen LogP contribution in [-0.2, 0) is 4.74 Å². The van der Waals surface area contributed by atoms with E-state index in [1.54, 1.807) is 18.5 Å². The number of nitrogens with one attached hydrogen (secondary N) is 2. The fourth-order valence-corrected chi connectivity index (χ4v) is 4.90. The second-order valence-electron chi connectivity index (χ2n) is 10.8. The molecular formula is C27H32FN7O2. The number of anilines is 2. The minimum Gasteiger partial charge on any atom is -0.370 e. The average Bonchev–Trinajstić information content (AvgIpc) is 3.26. The Bertz CT molecular complexity index is 1340. The molecule has 0 spiro atoms. The monoisotopic (exact) mass is 505 g/mol. The standard InChI is InChI=1S/C27H32FN7O2/c1-16-13-30-25(33-19-14-31-35(15-19)20-10-26(3,4)37-27(5,6)11-20)34-23(16)18-7-8-21(22(28)9-18)24(36)32-17(2)12-29/h7-9,13-15,17,20H,10-11H2,1-6H3,(H,32,36)(H,30,33,34)/t17-/m0/s1. The molecule has 0 bridgehead atoms. The molecule has 1 aliphatic heterocycles. The van der Waals surface area contributed by atoms with Gasteiger partial charge >= 0.3 is 0 Å². The molecule has 37 heavy (non-hydrogen) atoms. The normalized spacial score (nSPS) is 17.6. The molecular weight excluding hydrogens is 473 g/mol. The summed E-state index contributed by atoms with van der Waals surface area (Å²) in [4.78, 5) is 21.2. The molecule has 1 aromatic carbocycles. The van der Waals surface area contributed by atoms with Crippen molar-refractivity contribution in [1.82, 2.24) is 25.1 Å². The molecule has 1 aliphatic rings. The number of amides is 1. The Morgan fingerprint density at radius 1 is 1.24 bits per heavy atom. The van der Waals surface area contributed by atoms with E-state index in [2.05, 4.69) is 53.4 Å². The number of ether oxygens (including phenoxy) is 1. The van der Waals surface area contributed by atoms with Gasteiger partial charge in [0, 0.05) is 18.0 Å². The first-order chi connectivity index (χ1) is 17.4. The van der Waals surface area contributed by atoms with Gasteiger partial charge in [0.1, 0.15) is 11.9 Å². The Balaban J connectivity index is 1.53. The Kier molecular flexibility index (Phi) is 7.02. The minimum absolute atomic E-state index is 0.136. The molecule has 0 unspecified atom stereocenters. The van der Waals surface area contributed by atoms with Crippen molar-refractivity contribution in [3.63, 3.8) is 0 Å². The van der Waals surface area contributed by atoms with Gasteiger partial charge in [0.2, 0.25) is 5.95 Å². The lowest BCUT2D eigenvalue weighted by atomic mass is 9.85. The van der Waals surface area contributed by atoms with Gasteiger partial charge < -0.3 is 15.4 Å². The van der Waals surface area contributed by atoms with Gasteiger partial charge in [-0.25, -0.2) is 14.4 Å². The van der Waals surface area contributed by atoms with Gasteiger partial charge in [0.15, 0.2) is 0 Å². The SMILES string of the molecule is Cc1cnc(Nc2cnn(C3CC(C)(C)OC(C)(C)C3)c2)nc1-c1ccc(C(=O)N[C@@H](C)C#N)c(F)c1. The number of rotatable bonds is 6. The van der Waals surface area contributed by atoms with Crippen LogP contribution in [0.15, 0.2) is 36.8 Å². The zero-order valence-corrected chi connectivity index (χ0v) is 22.0. The van der Waals surface area contributed by atoms with Crippen molar-refractivity contribution in [2.75, 3.05) is 5.32 Å². The quantitative estimate of drug-likeness (QED) is 0.479. The fraction of sp³-hybridized carbons (Fsp3) is 0.444. The van der Waals surface area contributed by atoms with Gasteiger partial charge in [0.05, 0.1) is 46.5 Å². The maximum absolute atomic E-state index is 14.8. The van der Waals surface area contributed by atoms with Crippen LogP contribution < -0.4 is 10.6 Å². The summed E-state index contributed by atoms with van der Waals surface area (Å²) >= 11 is 0. The van der Waals surface area contributed by atoms with Crippen LogP contribution in [0, 0.1) is 24.1 Å². The van der Waals surface area contributed by atoms with E-state index in [9.17, 15) is 9.18 Å². The Morgan fingerprint density at radius 3 is 2.59 bits per heavy atom. The first-order valence-corrected chi connectivity index (χ1v) is 12.2. The topological polar surface area (TPSA) is 118 Å². The van der Waals surface area contributed by atoms with E-state index < -0.39 is 17.8 Å². The number of halogens is 1. The highest BCUT2D eigenvalue weighted by Gasteiger charge is 2.40. The third-order valence-electron chi connectivity index (χ3n) is 6.24. The molecule has 10 heteroatoms. The summed E-state index contributed by atoms with van der Waals surface area (Å²) in [6.45, 7) is 11.7. The highest BCUT2D eigenvalue weighted by molar-refractivity contribution is 5.95. The van der Waals surface area contributed by atoms with Gasteiger partial charge in [0.25, 0.3) is 5.91 Å². The maximum Gasteiger partial charge on any atom is 0.255 e. The van der Waals surface area contributed by atoms with Crippen LogP contribution in [0.25, 0.3) is 11.3 Å². The van der Waals surface area contributed by atoms with Crippen molar-refractivity contribution < 1.29 is 13.9 Å². The van der Waals surface area contributed by atoms with Crippen LogP contribution in [-0.4, -0.2) is 42.9 Å². The molecule has 194 valence electrons. The van der Waals surface area contributed by atoms with E-state index in [1.165, 1.54) is 19.1 Å². The second kappa shape index (κ2) is 9.90. The van der Waals surface area contributed by atoms with Gasteiger partial charge in [-0.15, -0.1) is 0 Å². The summed E-state index contributed by atoms with van der Waals surface area (Å²) in [5.74, 6) is -0.998. The summed E-state index contributed by atoms with van der Waals surface area (Å²) in [7, 11) is 0. The smallest absolute Gasteiger partial charge is 0.255 e. The first kappa shape index (κ1) is 26.2. The predicted molar refractivity (Wildman–Crippen MR) is 138 cm³/mol. The average molecular weight is 506 g/mol. The number of carbonyl (C=O) groups excluding carboxylic acids is 1. The van der Waals surface area contributed by atoms with Crippen LogP contribution in [0.4, 0.5) is 16.0 Å². The van der Waals surface area contributed by atoms with Gasteiger partial charge in [-0.1, -0.05) is 6.07 Å². The van der Waals surface area contributed by atoms with E-state index in [0.29, 0.717) is 17.2 Å². The van der Waals surface area contributed by atoms with Crippen LogP contribution in [0.5, 0.6) is 0 Å². The molecule has 2 N–H and O–H groups in total. The first-order valence-electron chi connectivity index (χ1n) is 12.2. The van der Waals surface area contributed by atoms with Crippen molar-refractivity contribution in [3.8, 4) is 17.3 Å². The van der Waals surface area contributed by atoms with E-state index >= 15 is 0 Å². The van der Waals surface area contributed by atoms with E-state index in [-0.39, 0.29) is 22.8 Å². The lowest BCUT2D eigenvalue weighted by Gasteiger charge is -2.45. The van der Waals surface area contributed by atoms with E-state index in [0.717, 1.165) is 24.1 Å².